The van der Waals surface area contributed by atoms with E-state index in [1.807, 2.05) is 23.1 Å². The van der Waals surface area contributed by atoms with Gasteiger partial charge in [0.05, 0.1) is 11.4 Å². The van der Waals surface area contributed by atoms with Crippen molar-refractivity contribution in [2.45, 2.75) is 42.9 Å². The fraction of sp³-hybridized carbons (Fsp3) is 0.438. The first-order valence-corrected chi connectivity index (χ1v) is 9.93. The van der Waals surface area contributed by atoms with Crippen molar-refractivity contribution in [2.75, 3.05) is 6.54 Å². The molecule has 0 amide bonds. The molecule has 1 heterocycles. The number of hydrogen-bond donors (Lipinski definition) is 1. The van der Waals surface area contributed by atoms with Gasteiger partial charge in [0.15, 0.2) is 0 Å². The molecule has 0 unspecified atom stereocenters. The molecule has 1 N–H and O–H groups in total. The minimum absolute atomic E-state index is 0.737. The van der Waals surface area contributed by atoms with Crippen LogP contribution < -0.4 is 5.32 Å². The predicted molar refractivity (Wildman–Crippen MR) is 95.2 cm³/mol. The molecule has 0 spiro atoms. The van der Waals surface area contributed by atoms with Gasteiger partial charge in [0.25, 0.3) is 0 Å². The van der Waals surface area contributed by atoms with Crippen LogP contribution >= 0.6 is 39.0 Å². The minimum Gasteiger partial charge on any atom is -0.312 e. The topological polar surface area (TPSA) is 24.9 Å². The van der Waals surface area contributed by atoms with Crippen molar-refractivity contribution in [3.63, 3.8) is 0 Å². The molecule has 0 bridgehead atoms. The molecule has 1 fully saturated rings. The minimum atomic E-state index is 0.737. The van der Waals surface area contributed by atoms with Crippen molar-refractivity contribution in [3.05, 3.63) is 44.3 Å². The molecule has 0 radical (unpaired) electrons. The Hall–Kier alpha value is -0.360. The van der Waals surface area contributed by atoms with E-state index in [-0.39, 0.29) is 0 Å². The van der Waals surface area contributed by atoms with E-state index < -0.39 is 0 Å². The molecule has 0 aliphatic heterocycles. The van der Waals surface area contributed by atoms with Gasteiger partial charge in [-0.1, -0.05) is 22.9 Å². The van der Waals surface area contributed by atoms with Crippen LogP contribution in [-0.2, 0) is 12.3 Å². The van der Waals surface area contributed by atoms with Crippen LogP contribution in [0.3, 0.4) is 0 Å². The van der Waals surface area contributed by atoms with E-state index in [0.717, 1.165) is 29.2 Å². The maximum atomic E-state index is 4.91. The average Bonchev–Trinajstić information content (AvgIpc) is 3.26. The molecular formula is C16H19BrN2S2. The maximum Gasteiger partial charge on any atom is 0.103 e. The first-order valence-electron chi connectivity index (χ1n) is 7.34. The molecule has 2 aromatic rings. The van der Waals surface area contributed by atoms with Crippen LogP contribution in [0.5, 0.6) is 0 Å². The number of nitrogens with zero attached hydrogens (tertiary/aromatic N) is 1. The van der Waals surface area contributed by atoms with Crippen LogP contribution in [0.1, 0.15) is 41.3 Å². The fourth-order valence-corrected chi connectivity index (χ4v) is 4.47. The molecular weight excluding hydrogens is 364 g/mol. The highest BCUT2D eigenvalue weighted by Gasteiger charge is 2.29. The summed E-state index contributed by atoms with van der Waals surface area (Å²) in [7, 11) is 0. The number of rotatable bonds is 7. The van der Waals surface area contributed by atoms with Gasteiger partial charge >= 0.3 is 0 Å². The summed E-state index contributed by atoms with van der Waals surface area (Å²) in [4.78, 5) is 7.66. The normalized spacial score (nSPS) is 14.6. The predicted octanol–water partition coefficient (Wildman–Crippen LogP) is 5.18. The summed E-state index contributed by atoms with van der Waals surface area (Å²) in [5.41, 5.74) is 1.37. The zero-order valence-electron chi connectivity index (χ0n) is 12.1. The Morgan fingerprint density at radius 1 is 1.33 bits per heavy atom. The SMILES string of the molecule is CCNCc1sc(CSc2ccc(Br)cc2)nc1C1CC1. The quantitative estimate of drug-likeness (QED) is 0.667. The van der Waals surface area contributed by atoms with Crippen molar-refractivity contribution in [2.24, 2.45) is 0 Å². The van der Waals surface area contributed by atoms with Crippen LogP contribution in [0, 0.1) is 0 Å². The summed E-state index contributed by atoms with van der Waals surface area (Å²) >= 11 is 7.23. The van der Waals surface area contributed by atoms with Crippen molar-refractivity contribution in [1.82, 2.24) is 10.3 Å². The Morgan fingerprint density at radius 3 is 2.76 bits per heavy atom. The number of hydrogen-bond acceptors (Lipinski definition) is 4. The highest BCUT2D eigenvalue weighted by atomic mass is 79.9. The lowest BCUT2D eigenvalue weighted by molar-refractivity contribution is 0.726. The van der Waals surface area contributed by atoms with Gasteiger partial charge in [0.1, 0.15) is 5.01 Å². The van der Waals surface area contributed by atoms with Crippen LogP contribution in [0.15, 0.2) is 33.6 Å². The molecule has 1 aromatic heterocycles. The lowest BCUT2D eigenvalue weighted by Gasteiger charge is -2.00. The smallest absolute Gasteiger partial charge is 0.103 e. The highest BCUT2D eigenvalue weighted by molar-refractivity contribution is 9.10. The van der Waals surface area contributed by atoms with E-state index in [1.165, 1.54) is 33.3 Å². The summed E-state index contributed by atoms with van der Waals surface area (Å²) in [5, 5.41) is 4.70. The number of aromatic nitrogens is 1. The second kappa shape index (κ2) is 7.27. The molecule has 2 nitrogen and oxygen atoms in total. The van der Waals surface area contributed by atoms with Gasteiger partial charge < -0.3 is 5.32 Å². The number of thioether (sulfide) groups is 1. The Morgan fingerprint density at radius 2 is 2.10 bits per heavy atom. The Balaban J connectivity index is 1.65. The zero-order valence-corrected chi connectivity index (χ0v) is 15.3. The monoisotopic (exact) mass is 382 g/mol. The summed E-state index contributed by atoms with van der Waals surface area (Å²) < 4.78 is 1.13. The molecule has 1 aromatic carbocycles. The number of thiazole rings is 1. The van der Waals surface area contributed by atoms with E-state index in [0.29, 0.717) is 0 Å². The molecule has 21 heavy (non-hydrogen) atoms. The average molecular weight is 383 g/mol. The number of benzene rings is 1. The lowest BCUT2D eigenvalue weighted by atomic mass is 10.2. The third-order valence-electron chi connectivity index (χ3n) is 3.45. The molecule has 5 heteroatoms. The summed E-state index contributed by atoms with van der Waals surface area (Å²) in [5.74, 6) is 1.71. The standard InChI is InChI=1S/C16H19BrN2S2/c1-2-18-9-14-16(11-3-4-11)19-15(21-14)10-20-13-7-5-12(17)6-8-13/h5-8,11,18H,2-4,9-10H2,1H3. The Labute approximate surface area is 142 Å². The first kappa shape index (κ1) is 15.5. The van der Waals surface area contributed by atoms with Crippen molar-refractivity contribution >= 4 is 39.0 Å². The van der Waals surface area contributed by atoms with E-state index >= 15 is 0 Å². The Kier molecular flexibility index (Phi) is 5.38. The van der Waals surface area contributed by atoms with E-state index in [4.69, 9.17) is 4.98 Å². The van der Waals surface area contributed by atoms with Crippen molar-refractivity contribution in [3.8, 4) is 0 Å². The molecule has 3 rings (SSSR count). The van der Waals surface area contributed by atoms with Crippen LogP contribution in [0.4, 0.5) is 0 Å². The van der Waals surface area contributed by atoms with E-state index in [9.17, 15) is 0 Å². The van der Waals surface area contributed by atoms with Gasteiger partial charge in [-0.25, -0.2) is 4.98 Å². The van der Waals surface area contributed by atoms with Gasteiger partial charge in [-0.2, -0.15) is 0 Å². The van der Waals surface area contributed by atoms with E-state index in [1.54, 1.807) is 0 Å². The lowest BCUT2D eigenvalue weighted by Crippen LogP contribution is -2.11. The fourth-order valence-electron chi connectivity index (χ4n) is 2.19. The molecule has 1 saturated carbocycles. The van der Waals surface area contributed by atoms with Crippen LogP contribution in [0.2, 0.25) is 0 Å². The molecule has 1 aliphatic rings. The van der Waals surface area contributed by atoms with Gasteiger partial charge in [0, 0.05) is 26.7 Å². The largest absolute Gasteiger partial charge is 0.312 e. The first-order chi connectivity index (χ1) is 10.3. The van der Waals surface area contributed by atoms with E-state index in [2.05, 4.69) is 52.4 Å². The highest BCUT2D eigenvalue weighted by Crippen LogP contribution is 2.43. The zero-order chi connectivity index (χ0) is 14.7. The number of nitrogens with one attached hydrogen (secondary N) is 1. The molecule has 112 valence electrons. The van der Waals surface area contributed by atoms with Crippen molar-refractivity contribution in [1.29, 1.82) is 0 Å². The number of halogens is 1. The van der Waals surface area contributed by atoms with Gasteiger partial charge in [-0.15, -0.1) is 23.1 Å². The molecule has 0 saturated heterocycles. The molecule has 0 atom stereocenters. The summed E-state index contributed by atoms with van der Waals surface area (Å²) in [6.45, 7) is 4.15. The van der Waals surface area contributed by atoms with Gasteiger partial charge in [-0.3, -0.25) is 0 Å². The van der Waals surface area contributed by atoms with Gasteiger partial charge in [0.2, 0.25) is 0 Å². The van der Waals surface area contributed by atoms with Crippen molar-refractivity contribution < 1.29 is 0 Å². The van der Waals surface area contributed by atoms with Gasteiger partial charge in [-0.05, 0) is 43.7 Å². The second-order valence-corrected chi connectivity index (χ2v) is 8.35. The third-order valence-corrected chi connectivity index (χ3v) is 6.25. The second-order valence-electron chi connectivity index (χ2n) is 5.21. The van der Waals surface area contributed by atoms with Crippen LogP contribution in [0.25, 0.3) is 0 Å². The summed E-state index contributed by atoms with van der Waals surface area (Å²) in [6.07, 6.45) is 2.64. The van der Waals surface area contributed by atoms with Crippen LogP contribution in [-0.4, -0.2) is 11.5 Å². The maximum absolute atomic E-state index is 4.91. The Bertz CT molecular complexity index is 591. The summed E-state index contributed by atoms with van der Waals surface area (Å²) in [6, 6.07) is 8.50. The third kappa shape index (κ3) is 4.31. The molecule has 1 aliphatic carbocycles.